The van der Waals surface area contributed by atoms with Gasteiger partial charge in [-0.3, -0.25) is 0 Å². The maximum atomic E-state index is 14.2. The van der Waals surface area contributed by atoms with Gasteiger partial charge in [0.15, 0.2) is 5.54 Å². The molecule has 4 heterocycles. The van der Waals surface area contributed by atoms with E-state index in [1.165, 1.54) is 6.20 Å². The molecule has 3 atom stereocenters. The van der Waals surface area contributed by atoms with Crippen molar-refractivity contribution in [2.24, 2.45) is 10.7 Å². The first-order chi connectivity index (χ1) is 12.5. The summed E-state index contributed by atoms with van der Waals surface area (Å²) in [5.41, 5.74) is 6.46. The molecule has 0 aliphatic carbocycles. The van der Waals surface area contributed by atoms with E-state index in [0.29, 0.717) is 23.5 Å². The van der Waals surface area contributed by atoms with Gasteiger partial charge in [0.2, 0.25) is 5.95 Å². The standard InChI is InChI=1S/C19H18FN3O3/c1-18-6-8-24-16(18)19(10-25-17(21)23-19)13-9-11(4-5-14(13)26-18)12-3-2-7-22-15(12)20/h2-5,7,9,16H,6,8,10H2,1H3,(H2,21,23)/t16-,18+,19+/m0/s1. The van der Waals surface area contributed by atoms with Gasteiger partial charge in [0, 0.05) is 23.7 Å². The third kappa shape index (κ3) is 2.00. The number of benzene rings is 1. The Bertz CT molecular complexity index is 934. The lowest BCUT2D eigenvalue weighted by Crippen LogP contribution is -2.57. The summed E-state index contributed by atoms with van der Waals surface area (Å²) in [4.78, 5) is 8.36. The van der Waals surface area contributed by atoms with Crippen LogP contribution < -0.4 is 10.5 Å². The van der Waals surface area contributed by atoms with Crippen LogP contribution in [-0.4, -0.2) is 35.9 Å². The monoisotopic (exact) mass is 355 g/mol. The highest BCUT2D eigenvalue weighted by Crippen LogP contribution is 2.53. The summed E-state index contributed by atoms with van der Waals surface area (Å²) in [7, 11) is 0. The van der Waals surface area contributed by atoms with Crippen molar-refractivity contribution in [3.8, 4) is 16.9 Å². The van der Waals surface area contributed by atoms with Crippen molar-refractivity contribution in [3.63, 3.8) is 0 Å². The molecule has 0 unspecified atom stereocenters. The maximum absolute atomic E-state index is 14.2. The zero-order chi connectivity index (χ0) is 17.9. The lowest BCUT2D eigenvalue weighted by molar-refractivity contribution is -0.0756. The molecule has 0 amide bonds. The minimum atomic E-state index is -0.794. The zero-order valence-corrected chi connectivity index (χ0v) is 14.2. The van der Waals surface area contributed by atoms with Gasteiger partial charge in [0.25, 0.3) is 6.02 Å². The number of aromatic nitrogens is 1. The molecule has 26 heavy (non-hydrogen) atoms. The molecule has 1 fully saturated rings. The molecule has 0 radical (unpaired) electrons. The highest BCUT2D eigenvalue weighted by Gasteiger charge is 2.62. The molecular formula is C19H18FN3O3. The molecule has 3 aliphatic heterocycles. The number of aliphatic imine (C=N–C) groups is 1. The number of ether oxygens (including phenoxy) is 3. The van der Waals surface area contributed by atoms with Crippen LogP contribution in [0.1, 0.15) is 18.9 Å². The minimum absolute atomic E-state index is 0.133. The molecular weight excluding hydrogens is 337 g/mol. The van der Waals surface area contributed by atoms with E-state index in [2.05, 4.69) is 9.98 Å². The second kappa shape index (κ2) is 5.17. The van der Waals surface area contributed by atoms with E-state index in [9.17, 15) is 4.39 Å². The predicted octanol–water partition coefficient (Wildman–Crippen LogP) is 2.37. The lowest BCUT2D eigenvalue weighted by atomic mass is 9.74. The first kappa shape index (κ1) is 15.6. The van der Waals surface area contributed by atoms with E-state index in [-0.39, 0.29) is 18.7 Å². The van der Waals surface area contributed by atoms with Gasteiger partial charge < -0.3 is 19.9 Å². The Kier molecular flexibility index (Phi) is 3.10. The molecule has 6 nitrogen and oxygen atoms in total. The summed E-state index contributed by atoms with van der Waals surface area (Å²) >= 11 is 0. The molecule has 134 valence electrons. The predicted molar refractivity (Wildman–Crippen MR) is 92.3 cm³/mol. The van der Waals surface area contributed by atoms with Crippen LogP contribution in [0.4, 0.5) is 4.39 Å². The molecule has 5 rings (SSSR count). The Balaban J connectivity index is 1.72. The van der Waals surface area contributed by atoms with Gasteiger partial charge in [-0.1, -0.05) is 6.07 Å². The summed E-state index contributed by atoms with van der Waals surface area (Å²) in [6, 6.07) is 9.09. The molecule has 0 saturated carbocycles. The Hall–Kier alpha value is -2.67. The molecule has 1 spiro atoms. The Morgan fingerprint density at radius 2 is 2.19 bits per heavy atom. The lowest BCUT2D eigenvalue weighted by Gasteiger charge is -2.45. The first-order valence-corrected chi connectivity index (χ1v) is 8.56. The van der Waals surface area contributed by atoms with Crippen molar-refractivity contribution < 1.29 is 18.6 Å². The SMILES string of the molecule is C[C@@]12CCO[C@@H]1[C@@]1(COC(N)=N1)c1cc(-c3cccnc3F)ccc1O2. The van der Waals surface area contributed by atoms with Crippen LogP contribution in [0, 0.1) is 5.95 Å². The molecule has 1 aromatic heterocycles. The van der Waals surface area contributed by atoms with E-state index < -0.39 is 17.1 Å². The number of hydrogen-bond donors (Lipinski definition) is 1. The van der Waals surface area contributed by atoms with E-state index in [1.54, 1.807) is 12.1 Å². The fourth-order valence-corrected chi connectivity index (χ4v) is 4.27. The van der Waals surface area contributed by atoms with Gasteiger partial charge in [-0.2, -0.15) is 4.39 Å². The van der Waals surface area contributed by atoms with Gasteiger partial charge >= 0.3 is 0 Å². The number of hydrogen-bond acceptors (Lipinski definition) is 6. The molecule has 3 aliphatic rings. The molecule has 7 heteroatoms. The van der Waals surface area contributed by atoms with Crippen LogP contribution in [0.15, 0.2) is 41.5 Å². The minimum Gasteiger partial charge on any atom is -0.484 e. The summed E-state index contributed by atoms with van der Waals surface area (Å²) in [5.74, 6) is 0.176. The van der Waals surface area contributed by atoms with Crippen LogP contribution in [0.2, 0.25) is 0 Å². The normalized spacial score (nSPS) is 31.8. The Morgan fingerprint density at radius 3 is 2.96 bits per heavy atom. The molecule has 1 saturated heterocycles. The fourth-order valence-electron chi connectivity index (χ4n) is 4.27. The number of fused-ring (bicyclic) bond motifs is 4. The highest BCUT2D eigenvalue weighted by atomic mass is 19.1. The fraction of sp³-hybridized carbons (Fsp3) is 0.368. The van der Waals surface area contributed by atoms with Gasteiger partial charge in [-0.15, -0.1) is 0 Å². The van der Waals surface area contributed by atoms with Gasteiger partial charge in [0.05, 0.1) is 6.61 Å². The van der Waals surface area contributed by atoms with Crippen molar-refractivity contribution in [1.29, 1.82) is 0 Å². The van der Waals surface area contributed by atoms with Crippen molar-refractivity contribution in [2.75, 3.05) is 13.2 Å². The van der Waals surface area contributed by atoms with Crippen molar-refractivity contribution in [1.82, 2.24) is 4.98 Å². The molecule has 2 aromatic rings. The van der Waals surface area contributed by atoms with Crippen LogP contribution in [0.5, 0.6) is 5.75 Å². The maximum Gasteiger partial charge on any atom is 0.283 e. The highest BCUT2D eigenvalue weighted by molar-refractivity contribution is 5.76. The third-order valence-corrected chi connectivity index (χ3v) is 5.48. The summed E-state index contributed by atoms with van der Waals surface area (Å²) in [5, 5.41) is 0. The average Bonchev–Trinajstić information content (AvgIpc) is 3.20. The van der Waals surface area contributed by atoms with Gasteiger partial charge in [-0.05, 0) is 36.8 Å². The first-order valence-electron chi connectivity index (χ1n) is 8.56. The number of halogens is 1. The largest absolute Gasteiger partial charge is 0.484 e. The van der Waals surface area contributed by atoms with Crippen LogP contribution in [0.25, 0.3) is 11.1 Å². The third-order valence-electron chi connectivity index (χ3n) is 5.48. The number of pyridine rings is 1. The van der Waals surface area contributed by atoms with E-state index in [4.69, 9.17) is 19.9 Å². The van der Waals surface area contributed by atoms with Gasteiger partial charge in [0.1, 0.15) is 24.1 Å². The van der Waals surface area contributed by atoms with E-state index in [1.807, 2.05) is 25.1 Å². The van der Waals surface area contributed by atoms with Crippen LogP contribution in [0.3, 0.4) is 0 Å². The van der Waals surface area contributed by atoms with Crippen molar-refractivity contribution in [2.45, 2.75) is 30.6 Å². The van der Waals surface area contributed by atoms with E-state index in [0.717, 1.165) is 12.0 Å². The number of nitrogens with two attached hydrogens (primary N) is 1. The Labute approximate surface area is 149 Å². The second-order valence-corrected chi connectivity index (χ2v) is 7.13. The number of rotatable bonds is 1. The smallest absolute Gasteiger partial charge is 0.283 e. The second-order valence-electron chi connectivity index (χ2n) is 7.13. The number of nitrogens with zero attached hydrogens (tertiary/aromatic N) is 2. The van der Waals surface area contributed by atoms with Crippen LogP contribution in [-0.2, 0) is 15.0 Å². The summed E-state index contributed by atoms with van der Waals surface area (Å²) in [6.45, 7) is 2.87. The quantitative estimate of drug-likeness (QED) is 0.795. The molecule has 0 bridgehead atoms. The average molecular weight is 355 g/mol. The molecule has 2 N–H and O–H groups in total. The van der Waals surface area contributed by atoms with Crippen molar-refractivity contribution >= 4 is 6.02 Å². The van der Waals surface area contributed by atoms with Crippen molar-refractivity contribution in [3.05, 3.63) is 48.0 Å². The molecule has 1 aromatic carbocycles. The summed E-state index contributed by atoms with van der Waals surface area (Å²) in [6.07, 6.45) is 1.86. The van der Waals surface area contributed by atoms with E-state index >= 15 is 0 Å². The zero-order valence-electron chi connectivity index (χ0n) is 14.2. The van der Waals surface area contributed by atoms with Gasteiger partial charge in [-0.25, -0.2) is 9.98 Å². The topological polar surface area (TPSA) is 79.0 Å². The number of amidine groups is 1. The summed E-state index contributed by atoms with van der Waals surface area (Å²) < 4.78 is 32.0. The van der Waals surface area contributed by atoms with Crippen LogP contribution >= 0.6 is 0 Å². The Morgan fingerprint density at radius 1 is 1.31 bits per heavy atom.